The van der Waals surface area contributed by atoms with Crippen LogP contribution in [0.4, 0.5) is 0 Å². The molecular weight excluding hydrogens is 593 g/mol. The molecule has 0 saturated carbocycles. The molecule has 1 heterocycles. The number of rotatable bonds is 39. The van der Waals surface area contributed by atoms with Crippen LogP contribution >= 0.6 is 0 Å². The molecule has 1 rings (SSSR count). The molecule has 0 spiro atoms. The fourth-order valence-corrected chi connectivity index (χ4v) is 7.61. The van der Waals surface area contributed by atoms with Crippen molar-refractivity contribution in [2.45, 2.75) is 271 Å². The van der Waals surface area contributed by atoms with Gasteiger partial charge in [0.25, 0.3) is 0 Å². The zero-order valence-corrected chi connectivity index (χ0v) is 34.2. The van der Waals surface area contributed by atoms with Crippen molar-refractivity contribution in [3.05, 3.63) is 29.7 Å². The maximum Gasteiger partial charge on any atom is 0.128 e. The molecule has 0 aliphatic rings. The summed E-state index contributed by atoms with van der Waals surface area (Å²) >= 11 is 0. The van der Waals surface area contributed by atoms with E-state index in [0.717, 1.165) is 37.9 Å². The van der Waals surface area contributed by atoms with Gasteiger partial charge in [0.05, 0.1) is 0 Å². The number of unbranched alkanes of at least 4 members (excludes halogenated alkanes) is 31. The first-order valence-electron chi connectivity index (χ1n) is 22.9. The summed E-state index contributed by atoms with van der Waals surface area (Å²) in [6, 6.07) is 0. The van der Waals surface area contributed by atoms with E-state index in [1.54, 1.807) is 5.56 Å². The predicted octanol–water partition coefficient (Wildman–Crippen LogP) is 16.2. The van der Waals surface area contributed by atoms with Crippen LogP contribution < -0.4 is 0 Å². The lowest BCUT2D eigenvalue weighted by Crippen LogP contribution is -2.11. The van der Waals surface area contributed by atoms with Crippen LogP contribution in [0.25, 0.3) is 0 Å². The third-order valence-electron chi connectivity index (χ3n) is 10.9. The van der Waals surface area contributed by atoms with Gasteiger partial charge in [0.15, 0.2) is 0 Å². The van der Waals surface area contributed by atoms with E-state index in [2.05, 4.69) is 27.7 Å². The first-order valence-corrected chi connectivity index (χ1v) is 22.9. The highest BCUT2D eigenvalue weighted by atomic mass is 14.9. The largest absolute Gasteiger partial charge is 0.238 e. The molecule has 2 heteroatoms. The second-order valence-electron chi connectivity index (χ2n) is 15.8. The van der Waals surface area contributed by atoms with Crippen LogP contribution in [0.3, 0.4) is 0 Å². The zero-order chi connectivity index (χ0) is 35.3. The number of aryl methyl sites for hydroxylation is 3. The molecule has 0 N–H and O–H groups in total. The summed E-state index contributed by atoms with van der Waals surface area (Å²) in [6.45, 7) is 11.1. The topological polar surface area (TPSA) is 25.8 Å². The van der Waals surface area contributed by atoms with Gasteiger partial charge in [-0.3, -0.25) is 0 Å². The summed E-state index contributed by atoms with van der Waals surface area (Å²) in [4.78, 5) is 10.6. The van der Waals surface area contributed by atoms with E-state index >= 15 is 0 Å². The van der Waals surface area contributed by atoms with Gasteiger partial charge in [0.2, 0.25) is 0 Å². The van der Waals surface area contributed by atoms with Gasteiger partial charge < -0.3 is 0 Å². The van der Waals surface area contributed by atoms with Crippen LogP contribution in [0.1, 0.15) is 268 Å². The molecule has 0 aliphatic carbocycles. The highest BCUT2D eigenvalue weighted by molar-refractivity contribution is 5.27. The van der Waals surface area contributed by atoms with Crippen molar-refractivity contribution < 1.29 is 0 Å². The van der Waals surface area contributed by atoms with Crippen LogP contribution in [0, 0.1) is 6.92 Å². The lowest BCUT2D eigenvalue weighted by atomic mass is 9.96. The molecule has 1 aromatic heterocycles. The number of nitrogens with zero attached hydrogens (tertiary/aromatic N) is 2. The van der Waals surface area contributed by atoms with E-state index in [0.29, 0.717) is 0 Å². The van der Waals surface area contributed by atoms with Gasteiger partial charge in [-0.25, -0.2) is 9.97 Å². The molecule has 0 saturated heterocycles. The van der Waals surface area contributed by atoms with Crippen molar-refractivity contribution >= 4 is 0 Å². The SMILES string of the molecule is [CH2]CCCc1nc(CCCCCCCCCCCCC)c(CCCCCCCCCCCCC)c(CCCCCCCCCCCCC)n1. The van der Waals surface area contributed by atoms with Crippen LogP contribution in [0.2, 0.25) is 0 Å². The third-order valence-corrected chi connectivity index (χ3v) is 10.9. The molecule has 1 radical (unpaired) electrons. The molecule has 0 aromatic carbocycles. The summed E-state index contributed by atoms with van der Waals surface area (Å²) in [5.74, 6) is 1.11. The van der Waals surface area contributed by atoms with Gasteiger partial charge in [-0.15, -0.1) is 0 Å². The monoisotopic (exact) mass is 682 g/mol. The molecule has 0 aliphatic heterocycles. The lowest BCUT2D eigenvalue weighted by Gasteiger charge is -2.16. The molecule has 0 bridgehead atoms. The number of aromatic nitrogens is 2. The first-order chi connectivity index (χ1) is 24.3. The fraction of sp³-hybridized carbons (Fsp3) is 0.894. The fourth-order valence-electron chi connectivity index (χ4n) is 7.61. The maximum atomic E-state index is 5.29. The molecule has 0 atom stereocenters. The van der Waals surface area contributed by atoms with Crippen LogP contribution in [0.5, 0.6) is 0 Å². The van der Waals surface area contributed by atoms with Crippen molar-refractivity contribution in [2.75, 3.05) is 0 Å². The highest BCUT2D eigenvalue weighted by Gasteiger charge is 2.15. The number of hydrogen-bond acceptors (Lipinski definition) is 2. The predicted molar refractivity (Wildman–Crippen MR) is 221 cm³/mol. The molecule has 49 heavy (non-hydrogen) atoms. The van der Waals surface area contributed by atoms with E-state index in [1.807, 2.05) is 0 Å². The van der Waals surface area contributed by atoms with Crippen molar-refractivity contribution in [2.24, 2.45) is 0 Å². The summed E-state index contributed by atoms with van der Waals surface area (Å²) in [7, 11) is 0. The Balaban J connectivity index is 2.64. The Hall–Kier alpha value is -0.920. The van der Waals surface area contributed by atoms with Crippen molar-refractivity contribution in [3.8, 4) is 0 Å². The maximum absolute atomic E-state index is 5.29. The van der Waals surface area contributed by atoms with Gasteiger partial charge >= 0.3 is 0 Å². The molecule has 287 valence electrons. The minimum absolute atomic E-state index is 0.978. The normalized spacial score (nSPS) is 11.6. The molecule has 2 nitrogen and oxygen atoms in total. The summed E-state index contributed by atoms with van der Waals surface area (Å²) < 4.78 is 0. The van der Waals surface area contributed by atoms with E-state index in [1.165, 1.54) is 230 Å². The average molecular weight is 682 g/mol. The average Bonchev–Trinajstić information content (AvgIpc) is 3.11. The van der Waals surface area contributed by atoms with Crippen molar-refractivity contribution in [1.29, 1.82) is 0 Å². The minimum Gasteiger partial charge on any atom is -0.238 e. The Morgan fingerprint density at radius 3 is 0.857 bits per heavy atom. The summed E-state index contributed by atoms with van der Waals surface area (Å²) in [5, 5.41) is 0. The molecule has 0 fully saturated rings. The second kappa shape index (κ2) is 36.9. The van der Waals surface area contributed by atoms with E-state index in [-0.39, 0.29) is 0 Å². The van der Waals surface area contributed by atoms with Gasteiger partial charge in [0, 0.05) is 17.8 Å². The summed E-state index contributed by atoms with van der Waals surface area (Å²) in [6.07, 6.45) is 53.0. The Labute approximate surface area is 310 Å². The zero-order valence-electron chi connectivity index (χ0n) is 34.2. The Bertz CT molecular complexity index is 754. The first kappa shape index (κ1) is 46.1. The van der Waals surface area contributed by atoms with E-state index in [9.17, 15) is 0 Å². The van der Waals surface area contributed by atoms with Crippen molar-refractivity contribution in [3.63, 3.8) is 0 Å². The molecule has 0 unspecified atom stereocenters. The minimum atomic E-state index is 0.978. The smallest absolute Gasteiger partial charge is 0.128 e. The highest BCUT2D eigenvalue weighted by Crippen LogP contribution is 2.23. The second-order valence-corrected chi connectivity index (χ2v) is 15.8. The molecule has 0 amide bonds. The van der Waals surface area contributed by atoms with Gasteiger partial charge in [-0.2, -0.15) is 0 Å². The van der Waals surface area contributed by atoms with Gasteiger partial charge in [-0.05, 0) is 50.5 Å². The van der Waals surface area contributed by atoms with Crippen LogP contribution in [-0.2, 0) is 25.7 Å². The Morgan fingerprint density at radius 2 is 0.571 bits per heavy atom. The Morgan fingerprint density at radius 1 is 0.306 bits per heavy atom. The van der Waals surface area contributed by atoms with Crippen LogP contribution in [0.15, 0.2) is 0 Å². The quantitative estimate of drug-likeness (QED) is 0.0646. The van der Waals surface area contributed by atoms with Crippen molar-refractivity contribution in [1.82, 2.24) is 9.97 Å². The lowest BCUT2D eigenvalue weighted by molar-refractivity contribution is 0.542. The molecule has 1 aromatic rings. The Kier molecular flexibility index (Phi) is 34.7. The van der Waals surface area contributed by atoms with Gasteiger partial charge in [-0.1, -0.05) is 227 Å². The van der Waals surface area contributed by atoms with E-state index in [4.69, 9.17) is 9.97 Å². The van der Waals surface area contributed by atoms with E-state index < -0.39 is 0 Å². The summed E-state index contributed by atoms with van der Waals surface area (Å²) in [5.41, 5.74) is 4.42. The standard InChI is InChI=1S/C47H89N2/c1-5-9-13-16-19-22-25-28-31-34-37-40-44-45(41-38-35-32-29-26-23-20-17-14-10-6-2)48-47(43-12-8-4)49-46(44)42-39-36-33-30-27-24-21-18-15-11-7-3/h4-43H2,1-3H3. The van der Waals surface area contributed by atoms with Crippen LogP contribution in [-0.4, -0.2) is 9.97 Å². The third kappa shape index (κ3) is 28.4. The van der Waals surface area contributed by atoms with Gasteiger partial charge in [0.1, 0.15) is 5.82 Å². The molecular formula is C47H89N2. The number of hydrogen-bond donors (Lipinski definition) is 0.